The van der Waals surface area contributed by atoms with Crippen LogP contribution in [0.1, 0.15) is 35.9 Å². The fourth-order valence-electron chi connectivity index (χ4n) is 3.27. The molecule has 0 N–H and O–H groups in total. The van der Waals surface area contributed by atoms with E-state index in [2.05, 4.69) is 4.98 Å². The van der Waals surface area contributed by atoms with Gasteiger partial charge in [-0.1, -0.05) is 30.3 Å². The molecule has 0 spiro atoms. The van der Waals surface area contributed by atoms with Crippen LogP contribution < -0.4 is 4.74 Å². The van der Waals surface area contributed by atoms with Gasteiger partial charge in [-0.15, -0.1) is 0 Å². The van der Waals surface area contributed by atoms with E-state index < -0.39 is 15.6 Å². The Bertz CT molecular complexity index is 1150. The molecule has 31 heavy (non-hydrogen) atoms. The molecule has 1 aromatic heterocycles. The van der Waals surface area contributed by atoms with Gasteiger partial charge in [-0.2, -0.15) is 0 Å². The van der Waals surface area contributed by atoms with Crippen LogP contribution in [-0.2, 0) is 26.8 Å². The smallest absolute Gasteiger partial charge is 0.226 e. The highest BCUT2D eigenvalue weighted by molar-refractivity contribution is 7.91. The lowest BCUT2D eigenvalue weighted by molar-refractivity contribution is -0.116. The van der Waals surface area contributed by atoms with Gasteiger partial charge in [0.2, 0.25) is 5.89 Å². The number of carbonyl (C=O) groups is 1. The molecule has 3 aromatic rings. The molecule has 0 saturated carbocycles. The summed E-state index contributed by atoms with van der Waals surface area (Å²) >= 11 is 0. The van der Waals surface area contributed by atoms with Crippen LogP contribution in [0.2, 0.25) is 0 Å². The number of hydrogen-bond donors (Lipinski definition) is 0. The van der Waals surface area contributed by atoms with Crippen LogP contribution in [0.4, 0.5) is 0 Å². The van der Waals surface area contributed by atoms with Crippen LogP contribution in [0.25, 0.3) is 11.5 Å². The highest BCUT2D eigenvalue weighted by Crippen LogP contribution is 2.25. The van der Waals surface area contributed by atoms with Crippen molar-refractivity contribution in [1.82, 2.24) is 4.98 Å². The van der Waals surface area contributed by atoms with Gasteiger partial charge in [0.1, 0.15) is 23.0 Å². The van der Waals surface area contributed by atoms with E-state index in [-0.39, 0.29) is 18.0 Å². The summed E-state index contributed by atoms with van der Waals surface area (Å²) < 4.78 is 36.3. The number of oxazole rings is 1. The van der Waals surface area contributed by atoms with Crippen molar-refractivity contribution in [2.75, 3.05) is 12.4 Å². The summed E-state index contributed by atoms with van der Waals surface area (Å²) in [6.07, 6.45) is 0.653. The normalized spacial score (nSPS) is 11.5. The number of ether oxygens (including phenoxy) is 1. The predicted octanol–water partition coefficient (Wildman–Crippen LogP) is 4.47. The molecule has 0 unspecified atom stereocenters. The molecule has 0 fully saturated rings. The largest absolute Gasteiger partial charge is 0.494 e. The van der Waals surface area contributed by atoms with Gasteiger partial charge >= 0.3 is 0 Å². The lowest BCUT2D eigenvalue weighted by atomic mass is 10.1. The standard InChI is InChI=1S/C24H27NO5S/c1-4-29-21-13-10-19(11-14-21)9-12-20(26)15-31(27,28)16-23-18(3)30-24(25-23)22-8-6-5-7-17(22)2/h5-8,10-11,13-14H,4,9,12,15-16H2,1-3H3. The third-order valence-corrected chi connectivity index (χ3v) is 6.41. The second-order valence-corrected chi connectivity index (χ2v) is 9.55. The van der Waals surface area contributed by atoms with Crippen molar-refractivity contribution in [3.63, 3.8) is 0 Å². The van der Waals surface area contributed by atoms with Gasteiger partial charge in [0.15, 0.2) is 9.84 Å². The average Bonchev–Trinajstić information content (AvgIpc) is 3.07. The fourth-order valence-corrected chi connectivity index (χ4v) is 4.69. The van der Waals surface area contributed by atoms with Crippen molar-refractivity contribution in [3.8, 4) is 17.2 Å². The number of aromatic nitrogens is 1. The van der Waals surface area contributed by atoms with Gasteiger partial charge in [0.25, 0.3) is 0 Å². The minimum atomic E-state index is -3.65. The minimum absolute atomic E-state index is 0.166. The average molecular weight is 442 g/mol. The Morgan fingerprint density at radius 2 is 1.77 bits per heavy atom. The lowest BCUT2D eigenvalue weighted by Crippen LogP contribution is -2.18. The molecule has 0 radical (unpaired) electrons. The summed E-state index contributed by atoms with van der Waals surface area (Å²) in [6.45, 7) is 6.13. The molecular formula is C24H27NO5S. The summed E-state index contributed by atoms with van der Waals surface area (Å²) in [5.74, 6) is 0.479. The Morgan fingerprint density at radius 3 is 2.45 bits per heavy atom. The van der Waals surface area contributed by atoms with Crippen molar-refractivity contribution < 1.29 is 22.4 Å². The number of hydrogen-bond acceptors (Lipinski definition) is 6. The third kappa shape index (κ3) is 6.28. The number of rotatable bonds is 10. The molecule has 1 heterocycles. The summed E-state index contributed by atoms with van der Waals surface area (Å²) in [5, 5.41) is 0. The maximum absolute atomic E-state index is 12.6. The maximum atomic E-state index is 12.6. The van der Waals surface area contributed by atoms with Crippen LogP contribution in [0.3, 0.4) is 0 Å². The molecule has 0 atom stereocenters. The van der Waals surface area contributed by atoms with Gasteiger partial charge < -0.3 is 9.15 Å². The number of ketones is 1. The maximum Gasteiger partial charge on any atom is 0.226 e. The highest BCUT2D eigenvalue weighted by Gasteiger charge is 2.22. The Kier molecular flexibility index (Phi) is 7.28. The molecule has 7 heteroatoms. The summed E-state index contributed by atoms with van der Waals surface area (Å²) in [7, 11) is -3.65. The van der Waals surface area contributed by atoms with Gasteiger partial charge in [-0.3, -0.25) is 4.79 Å². The van der Waals surface area contributed by atoms with Gasteiger partial charge in [-0.25, -0.2) is 13.4 Å². The van der Waals surface area contributed by atoms with E-state index in [4.69, 9.17) is 9.15 Å². The third-order valence-electron chi connectivity index (χ3n) is 4.93. The number of sulfone groups is 1. The zero-order chi connectivity index (χ0) is 22.4. The molecule has 3 rings (SSSR count). The zero-order valence-corrected chi connectivity index (χ0v) is 18.9. The molecule has 6 nitrogen and oxygen atoms in total. The van der Waals surface area contributed by atoms with E-state index in [1.807, 2.05) is 62.4 Å². The number of carbonyl (C=O) groups excluding carboxylic acids is 1. The Labute approximate surface area is 183 Å². The van der Waals surface area contributed by atoms with E-state index in [1.165, 1.54) is 0 Å². The second kappa shape index (κ2) is 9.92. The molecule has 0 aliphatic carbocycles. The molecule has 0 bridgehead atoms. The zero-order valence-electron chi connectivity index (χ0n) is 18.1. The summed E-state index contributed by atoms with van der Waals surface area (Å²) in [5.41, 5.74) is 3.12. The molecule has 2 aromatic carbocycles. The van der Waals surface area contributed by atoms with E-state index in [0.717, 1.165) is 22.4 Å². The van der Waals surface area contributed by atoms with Crippen molar-refractivity contribution in [3.05, 3.63) is 71.1 Å². The molecule has 0 amide bonds. The summed E-state index contributed by atoms with van der Waals surface area (Å²) in [4.78, 5) is 16.7. The molecule has 0 saturated heterocycles. The van der Waals surface area contributed by atoms with Gasteiger partial charge in [0.05, 0.1) is 18.1 Å². The van der Waals surface area contributed by atoms with Crippen molar-refractivity contribution in [2.24, 2.45) is 0 Å². The quantitative estimate of drug-likeness (QED) is 0.461. The van der Waals surface area contributed by atoms with E-state index in [9.17, 15) is 13.2 Å². The number of Topliss-reactive ketones (excluding diaryl/α,β-unsaturated/α-hetero) is 1. The Hall–Kier alpha value is -2.93. The van der Waals surface area contributed by atoms with Gasteiger partial charge in [0, 0.05) is 12.0 Å². The summed E-state index contributed by atoms with van der Waals surface area (Å²) in [6, 6.07) is 15.1. The first-order valence-corrected chi connectivity index (χ1v) is 12.1. The Morgan fingerprint density at radius 1 is 1.06 bits per heavy atom. The molecule has 0 aliphatic rings. The first kappa shape index (κ1) is 22.7. The van der Waals surface area contributed by atoms with Crippen LogP contribution in [-0.4, -0.2) is 31.5 Å². The topological polar surface area (TPSA) is 86.5 Å². The van der Waals surface area contributed by atoms with Crippen LogP contribution >= 0.6 is 0 Å². The first-order valence-electron chi connectivity index (χ1n) is 10.2. The molecular weight excluding hydrogens is 414 g/mol. The minimum Gasteiger partial charge on any atom is -0.494 e. The number of benzene rings is 2. The molecule has 164 valence electrons. The number of nitrogens with zero attached hydrogens (tertiary/aromatic N) is 1. The van der Waals surface area contributed by atoms with Crippen LogP contribution in [0, 0.1) is 13.8 Å². The molecule has 0 aliphatic heterocycles. The van der Waals surface area contributed by atoms with E-state index >= 15 is 0 Å². The van der Waals surface area contributed by atoms with Crippen LogP contribution in [0.15, 0.2) is 52.9 Å². The number of aryl methyl sites for hydroxylation is 3. The van der Waals surface area contributed by atoms with Gasteiger partial charge in [-0.05, 0) is 56.5 Å². The lowest BCUT2D eigenvalue weighted by Gasteiger charge is -2.05. The second-order valence-electron chi connectivity index (χ2n) is 7.48. The van der Waals surface area contributed by atoms with Crippen molar-refractivity contribution in [2.45, 2.75) is 39.4 Å². The SMILES string of the molecule is CCOc1ccc(CCC(=O)CS(=O)(=O)Cc2nc(-c3ccccc3C)oc2C)cc1. The first-order chi connectivity index (χ1) is 14.8. The fraction of sp³-hybridized carbons (Fsp3) is 0.333. The highest BCUT2D eigenvalue weighted by atomic mass is 32.2. The van der Waals surface area contributed by atoms with Crippen molar-refractivity contribution >= 4 is 15.6 Å². The van der Waals surface area contributed by atoms with E-state index in [0.29, 0.717) is 30.4 Å². The Balaban J connectivity index is 1.59. The van der Waals surface area contributed by atoms with Crippen LogP contribution in [0.5, 0.6) is 5.75 Å². The van der Waals surface area contributed by atoms with E-state index in [1.54, 1.807) is 6.92 Å². The predicted molar refractivity (Wildman–Crippen MR) is 120 cm³/mol. The monoisotopic (exact) mass is 441 g/mol. The van der Waals surface area contributed by atoms with Crippen molar-refractivity contribution in [1.29, 1.82) is 0 Å².